The average Bonchev–Trinajstić information content (AvgIpc) is 2.37. The molecule has 0 unspecified atom stereocenters. The van der Waals surface area contributed by atoms with Gasteiger partial charge in [0.2, 0.25) is 0 Å². The molecule has 1 N–H and O–H groups in total. The fourth-order valence-electron chi connectivity index (χ4n) is 2.67. The lowest BCUT2D eigenvalue weighted by Gasteiger charge is -2.32. The second-order valence-corrected chi connectivity index (χ2v) is 5.54. The summed E-state index contributed by atoms with van der Waals surface area (Å²) in [6.45, 7) is 7.02. The van der Waals surface area contributed by atoms with E-state index < -0.39 is 11.7 Å². The summed E-state index contributed by atoms with van der Waals surface area (Å²) in [5.74, 6) is 0.263. The van der Waals surface area contributed by atoms with E-state index >= 15 is 0 Å². The molecule has 1 saturated heterocycles. The Morgan fingerprint density at radius 3 is 2.52 bits per heavy atom. The van der Waals surface area contributed by atoms with Gasteiger partial charge < -0.3 is 14.4 Å². The molecule has 1 fully saturated rings. The van der Waals surface area contributed by atoms with Gasteiger partial charge in [0.1, 0.15) is 44.2 Å². The Balaban J connectivity index is 1.83. The van der Waals surface area contributed by atoms with Crippen LogP contribution in [-0.2, 0) is 10.9 Å². The number of ether oxygens (including phenoxy) is 2. The van der Waals surface area contributed by atoms with Gasteiger partial charge in [-0.1, -0.05) is 6.07 Å². The van der Waals surface area contributed by atoms with Crippen LogP contribution in [0, 0.1) is 0 Å². The van der Waals surface area contributed by atoms with Crippen LogP contribution < -0.4 is 9.64 Å². The Hall–Kier alpha value is -1.27. The summed E-state index contributed by atoms with van der Waals surface area (Å²) < 4.78 is 48.9. The van der Waals surface area contributed by atoms with Crippen molar-refractivity contribution in [2.45, 2.75) is 32.2 Å². The first-order valence-corrected chi connectivity index (χ1v) is 7.13. The molecule has 1 aliphatic rings. The highest BCUT2D eigenvalue weighted by atomic mass is 19.4. The molecule has 0 aromatic heterocycles. The van der Waals surface area contributed by atoms with Crippen LogP contribution in [0.1, 0.15) is 19.4 Å². The highest BCUT2D eigenvalue weighted by Gasteiger charge is 2.30. The molecule has 6 heteroatoms. The van der Waals surface area contributed by atoms with Crippen molar-refractivity contribution >= 4 is 0 Å². The van der Waals surface area contributed by atoms with Crippen molar-refractivity contribution in [3.63, 3.8) is 0 Å². The molecule has 1 aliphatic heterocycles. The number of halogens is 3. The van der Waals surface area contributed by atoms with Gasteiger partial charge in [-0.3, -0.25) is 0 Å². The van der Waals surface area contributed by atoms with Crippen LogP contribution in [0.15, 0.2) is 24.3 Å². The van der Waals surface area contributed by atoms with Gasteiger partial charge in [-0.15, -0.1) is 0 Å². The third-order valence-electron chi connectivity index (χ3n) is 3.50. The van der Waals surface area contributed by atoms with Gasteiger partial charge in [0.15, 0.2) is 0 Å². The van der Waals surface area contributed by atoms with Gasteiger partial charge in [-0.25, -0.2) is 0 Å². The second-order valence-electron chi connectivity index (χ2n) is 5.54. The molecule has 2 rings (SSSR count). The van der Waals surface area contributed by atoms with Crippen LogP contribution in [0.4, 0.5) is 13.2 Å². The summed E-state index contributed by atoms with van der Waals surface area (Å²) in [5.41, 5.74) is -0.680. The minimum Gasteiger partial charge on any atom is -0.488 e. The first kappa shape index (κ1) is 16.1. The second kappa shape index (κ2) is 6.66. The average molecular weight is 304 g/mol. The molecule has 1 heterocycles. The molecule has 0 aliphatic carbocycles. The number of alkyl halides is 3. The summed E-state index contributed by atoms with van der Waals surface area (Å²) in [5, 5.41) is 0. The van der Waals surface area contributed by atoms with Crippen molar-refractivity contribution in [2.24, 2.45) is 0 Å². The maximum Gasteiger partial charge on any atom is 0.416 e. The van der Waals surface area contributed by atoms with E-state index in [1.807, 2.05) is 13.8 Å². The van der Waals surface area contributed by atoms with Crippen LogP contribution in [0.2, 0.25) is 0 Å². The fourth-order valence-corrected chi connectivity index (χ4v) is 2.67. The molecule has 2 atom stereocenters. The Bertz CT molecular complexity index is 454. The Morgan fingerprint density at radius 1 is 1.24 bits per heavy atom. The minimum atomic E-state index is -4.33. The number of rotatable bonds is 4. The molecule has 1 aromatic carbocycles. The van der Waals surface area contributed by atoms with E-state index in [-0.39, 0.29) is 18.0 Å². The summed E-state index contributed by atoms with van der Waals surface area (Å²) in [6.07, 6.45) is -3.92. The van der Waals surface area contributed by atoms with Gasteiger partial charge in [0, 0.05) is 0 Å². The van der Waals surface area contributed by atoms with Crippen molar-refractivity contribution in [3.05, 3.63) is 29.8 Å². The number of morpholine rings is 1. The van der Waals surface area contributed by atoms with E-state index in [9.17, 15) is 13.2 Å². The lowest BCUT2D eigenvalue weighted by molar-refractivity contribution is -0.915. The van der Waals surface area contributed by atoms with Crippen molar-refractivity contribution in [3.8, 4) is 5.75 Å². The largest absolute Gasteiger partial charge is 0.488 e. The summed E-state index contributed by atoms with van der Waals surface area (Å²) in [4.78, 5) is 1.35. The first-order valence-electron chi connectivity index (χ1n) is 7.13. The van der Waals surface area contributed by atoms with Crippen molar-refractivity contribution in [1.29, 1.82) is 0 Å². The Morgan fingerprint density at radius 2 is 1.90 bits per heavy atom. The summed E-state index contributed by atoms with van der Waals surface area (Å²) >= 11 is 0. The Labute approximate surface area is 122 Å². The van der Waals surface area contributed by atoms with E-state index in [4.69, 9.17) is 9.47 Å². The molecule has 3 nitrogen and oxygen atoms in total. The van der Waals surface area contributed by atoms with Crippen LogP contribution in [0.3, 0.4) is 0 Å². The SMILES string of the molecule is C[C@@H]1C[NH+](CCOc2cccc(C(F)(F)F)c2)C[C@@H](C)O1. The monoisotopic (exact) mass is 304 g/mol. The maximum absolute atomic E-state index is 12.6. The zero-order valence-electron chi connectivity index (χ0n) is 12.2. The summed E-state index contributed by atoms with van der Waals surface area (Å²) in [7, 11) is 0. The molecule has 0 bridgehead atoms. The smallest absolute Gasteiger partial charge is 0.416 e. The lowest BCUT2D eigenvalue weighted by Crippen LogP contribution is -3.16. The lowest BCUT2D eigenvalue weighted by atomic mass is 10.2. The van der Waals surface area contributed by atoms with Gasteiger partial charge in [0.05, 0.1) is 5.56 Å². The predicted molar refractivity (Wildman–Crippen MR) is 72.5 cm³/mol. The molecular formula is C15H21F3NO2+. The third-order valence-corrected chi connectivity index (χ3v) is 3.50. The van der Waals surface area contributed by atoms with Gasteiger partial charge >= 0.3 is 6.18 Å². The number of hydrogen-bond donors (Lipinski definition) is 1. The van der Waals surface area contributed by atoms with E-state index in [2.05, 4.69) is 0 Å². The molecule has 0 saturated carbocycles. The number of nitrogens with one attached hydrogen (secondary N) is 1. The highest BCUT2D eigenvalue weighted by Crippen LogP contribution is 2.31. The normalized spacial score (nSPS) is 26.6. The predicted octanol–water partition coefficient (Wildman–Crippen LogP) is 1.78. The van der Waals surface area contributed by atoms with Crippen LogP contribution in [0.25, 0.3) is 0 Å². The van der Waals surface area contributed by atoms with Gasteiger partial charge in [-0.2, -0.15) is 13.2 Å². The molecule has 1 aromatic rings. The van der Waals surface area contributed by atoms with Crippen molar-refractivity contribution in [2.75, 3.05) is 26.2 Å². The standard InChI is InChI=1S/C15H20F3NO2/c1-11-9-19(10-12(2)21-11)6-7-20-14-5-3-4-13(8-14)15(16,17)18/h3-5,8,11-12H,6-7,9-10H2,1-2H3/p+1/t11-,12-/m1/s1. The van der Waals surface area contributed by atoms with E-state index in [0.29, 0.717) is 6.61 Å². The highest BCUT2D eigenvalue weighted by molar-refractivity contribution is 5.30. The van der Waals surface area contributed by atoms with E-state index in [0.717, 1.165) is 31.8 Å². The van der Waals surface area contributed by atoms with Crippen LogP contribution >= 0.6 is 0 Å². The minimum absolute atomic E-state index is 0.206. The first-order chi connectivity index (χ1) is 9.84. The summed E-state index contributed by atoms with van der Waals surface area (Å²) in [6, 6.07) is 5.00. The third kappa shape index (κ3) is 4.89. The van der Waals surface area contributed by atoms with E-state index in [1.165, 1.54) is 11.0 Å². The molecule has 0 amide bonds. The zero-order valence-corrected chi connectivity index (χ0v) is 12.2. The number of hydrogen-bond acceptors (Lipinski definition) is 2. The fraction of sp³-hybridized carbons (Fsp3) is 0.600. The molecule has 0 radical (unpaired) electrons. The van der Waals surface area contributed by atoms with Crippen LogP contribution in [0.5, 0.6) is 5.75 Å². The van der Waals surface area contributed by atoms with Crippen LogP contribution in [-0.4, -0.2) is 38.4 Å². The topological polar surface area (TPSA) is 22.9 Å². The molecular weight excluding hydrogens is 283 g/mol. The zero-order chi connectivity index (χ0) is 15.5. The van der Waals surface area contributed by atoms with Crippen molar-refractivity contribution in [1.82, 2.24) is 0 Å². The Kier molecular flexibility index (Phi) is 5.11. The molecule has 21 heavy (non-hydrogen) atoms. The van der Waals surface area contributed by atoms with E-state index in [1.54, 1.807) is 6.07 Å². The number of quaternary nitrogens is 1. The van der Waals surface area contributed by atoms with Crippen molar-refractivity contribution < 1.29 is 27.5 Å². The van der Waals surface area contributed by atoms with Gasteiger partial charge in [0.25, 0.3) is 0 Å². The van der Waals surface area contributed by atoms with Gasteiger partial charge in [-0.05, 0) is 32.0 Å². The maximum atomic E-state index is 12.6. The molecule has 0 spiro atoms. The quantitative estimate of drug-likeness (QED) is 0.916. The molecule has 118 valence electrons. The number of benzene rings is 1.